The molecule has 0 spiro atoms. The standard InChI is InChI=1S/C24H28N6O/c1-3-9-19(10-4-1)23-26-28-30(27-23)16-8-2-7-15-29-17-13-20(14-18-29)24-25-21-11-5-6-12-22(21)31-24/h1,3-6,9-12,20H,2,7-8,13-18H2. The van der Waals surface area contributed by atoms with Crippen LogP contribution in [0.1, 0.15) is 43.9 Å². The molecule has 1 fully saturated rings. The van der Waals surface area contributed by atoms with Gasteiger partial charge in [-0.05, 0) is 62.7 Å². The highest BCUT2D eigenvalue weighted by Crippen LogP contribution is 2.30. The van der Waals surface area contributed by atoms with E-state index in [1.807, 2.05) is 54.6 Å². The van der Waals surface area contributed by atoms with Crippen molar-refractivity contribution in [3.8, 4) is 11.4 Å². The number of aromatic nitrogens is 5. The lowest BCUT2D eigenvalue weighted by Crippen LogP contribution is -2.33. The molecule has 0 radical (unpaired) electrons. The summed E-state index contributed by atoms with van der Waals surface area (Å²) in [6.07, 6.45) is 5.70. The summed E-state index contributed by atoms with van der Waals surface area (Å²) >= 11 is 0. The Bertz CT molecular complexity index is 1060. The number of piperidine rings is 1. The Hall–Kier alpha value is -3.06. The van der Waals surface area contributed by atoms with E-state index in [9.17, 15) is 0 Å². The van der Waals surface area contributed by atoms with Gasteiger partial charge in [0.15, 0.2) is 11.5 Å². The fraction of sp³-hybridized carbons (Fsp3) is 0.417. The van der Waals surface area contributed by atoms with Crippen molar-refractivity contribution in [1.82, 2.24) is 30.1 Å². The number of fused-ring (bicyclic) bond motifs is 1. The normalized spacial score (nSPS) is 15.6. The van der Waals surface area contributed by atoms with E-state index in [-0.39, 0.29) is 0 Å². The maximum Gasteiger partial charge on any atom is 0.204 e. The van der Waals surface area contributed by atoms with Crippen molar-refractivity contribution >= 4 is 11.1 Å². The second kappa shape index (κ2) is 9.39. The molecular weight excluding hydrogens is 388 g/mol. The van der Waals surface area contributed by atoms with Crippen LogP contribution in [0.3, 0.4) is 0 Å². The van der Waals surface area contributed by atoms with E-state index in [1.165, 1.54) is 12.8 Å². The number of tetrazole rings is 1. The van der Waals surface area contributed by atoms with Crippen LogP contribution in [0.4, 0.5) is 0 Å². The van der Waals surface area contributed by atoms with Gasteiger partial charge in [0.1, 0.15) is 5.52 Å². The van der Waals surface area contributed by atoms with Crippen molar-refractivity contribution < 1.29 is 4.42 Å². The average molecular weight is 417 g/mol. The molecule has 2 aromatic carbocycles. The van der Waals surface area contributed by atoms with Crippen LogP contribution >= 0.6 is 0 Å². The first-order chi connectivity index (χ1) is 15.3. The van der Waals surface area contributed by atoms with Gasteiger partial charge in [-0.1, -0.05) is 48.9 Å². The summed E-state index contributed by atoms with van der Waals surface area (Å²) in [6, 6.07) is 18.0. The third-order valence-corrected chi connectivity index (χ3v) is 6.06. The van der Waals surface area contributed by atoms with E-state index < -0.39 is 0 Å². The number of likely N-dealkylation sites (tertiary alicyclic amines) is 1. The van der Waals surface area contributed by atoms with Crippen LogP contribution in [0, 0.1) is 0 Å². The van der Waals surface area contributed by atoms with Crippen LogP contribution in [0.2, 0.25) is 0 Å². The molecule has 0 aliphatic carbocycles. The molecule has 160 valence electrons. The lowest BCUT2D eigenvalue weighted by Gasteiger charge is -2.30. The average Bonchev–Trinajstić information content (AvgIpc) is 3.47. The number of para-hydroxylation sites is 2. The molecule has 2 aromatic heterocycles. The zero-order valence-corrected chi connectivity index (χ0v) is 17.7. The van der Waals surface area contributed by atoms with Crippen LogP contribution < -0.4 is 0 Å². The Morgan fingerprint density at radius 3 is 2.48 bits per heavy atom. The Balaban J connectivity index is 1.01. The number of hydrogen-bond acceptors (Lipinski definition) is 6. The number of rotatable bonds is 8. The molecule has 0 amide bonds. The summed E-state index contributed by atoms with van der Waals surface area (Å²) in [5.41, 5.74) is 2.88. The van der Waals surface area contributed by atoms with Crippen LogP contribution in [0.25, 0.3) is 22.5 Å². The molecule has 31 heavy (non-hydrogen) atoms. The van der Waals surface area contributed by atoms with Crippen molar-refractivity contribution in [2.75, 3.05) is 19.6 Å². The molecule has 0 saturated carbocycles. The molecule has 0 unspecified atom stereocenters. The molecule has 5 rings (SSSR count). The maximum absolute atomic E-state index is 5.98. The summed E-state index contributed by atoms with van der Waals surface area (Å²) in [6.45, 7) is 4.21. The molecule has 3 heterocycles. The first kappa shape index (κ1) is 19.9. The summed E-state index contributed by atoms with van der Waals surface area (Å²) < 4.78 is 5.98. The fourth-order valence-corrected chi connectivity index (χ4v) is 4.27. The Morgan fingerprint density at radius 1 is 0.871 bits per heavy atom. The highest BCUT2D eigenvalue weighted by Gasteiger charge is 2.24. The lowest BCUT2D eigenvalue weighted by molar-refractivity contribution is 0.197. The summed E-state index contributed by atoms with van der Waals surface area (Å²) in [5, 5.41) is 12.8. The predicted molar refractivity (Wildman–Crippen MR) is 120 cm³/mol. The molecule has 7 nitrogen and oxygen atoms in total. The second-order valence-corrected chi connectivity index (χ2v) is 8.27. The first-order valence-electron chi connectivity index (χ1n) is 11.3. The van der Waals surface area contributed by atoms with Gasteiger partial charge in [-0.15, -0.1) is 10.2 Å². The highest BCUT2D eigenvalue weighted by atomic mass is 16.3. The number of unbranched alkanes of at least 4 members (excludes halogenated alkanes) is 2. The molecule has 4 aromatic rings. The summed E-state index contributed by atoms with van der Waals surface area (Å²) in [5.74, 6) is 2.05. The van der Waals surface area contributed by atoms with Gasteiger partial charge in [-0.25, -0.2) is 4.98 Å². The number of benzene rings is 2. The molecule has 7 heteroatoms. The monoisotopic (exact) mass is 416 g/mol. The van der Waals surface area contributed by atoms with E-state index >= 15 is 0 Å². The topological polar surface area (TPSA) is 72.9 Å². The molecule has 1 aliphatic rings. The van der Waals surface area contributed by atoms with Crippen LogP contribution in [-0.4, -0.2) is 49.7 Å². The highest BCUT2D eigenvalue weighted by molar-refractivity contribution is 5.72. The van der Waals surface area contributed by atoms with Gasteiger partial charge in [-0.2, -0.15) is 4.80 Å². The molecule has 1 aliphatic heterocycles. The van der Waals surface area contributed by atoms with Crippen LogP contribution in [0.5, 0.6) is 0 Å². The second-order valence-electron chi connectivity index (χ2n) is 8.27. The van der Waals surface area contributed by atoms with Gasteiger partial charge in [-0.3, -0.25) is 0 Å². The number of aryl methyl sites for hydroxylation is 1. The smallest absolute Gasteiger partial charge is 0.204 e. The van der Waals surface area contributed by atoms with Crippen LogP contribution in [-0.2, 0) is 6.54 Å². The first-order valence-corrected chi connectivity index (χ1v) is 11.3. The predicted octanol–water partition coefficient (Wildman–Crippen LogP) is 4.53. The SMILES string of the molecule is c1ccc(-c2nnn(CCCCCN3CCC(c4nc5ccccc5o4)CC3)n2)cc1. The zero-order chi connectivity index (χ0) is 20.9. The third-order valence-electron chi connectivity index (χ3n) is 6.06. The van der Waals surface area contributed by atoms with Gasteiger partial charge in [0.2, 0.25) is 5.82 Å². The Labute approximate surface area is 182 Å². The largest absolute Gasteiger partial charge is 0.440 e. The van der Waals surface area contributed by atoms with Crippen molar-refractivity contribution in [1.29, 1.82) is 0 Å². The summed E-state index contributed by atoms with van der Waals surface area (Å²) in [4.78, 5) is 8.98. The van der Waals surface area contributed by atoms with Gasteiger partial charge in [0.25, 0.3) is 0 Å². The van der Waals surface area contributed by atoms with Gasteiger partial charge < -0.3 is 9.32 Å². The zero-order valence-electron chi connectivity index (χ0n) is 17.7. The number of nitrogens with zero attached hydrogens (tertiary/aromatic N) is 6. The minimum Gasteiger partial charge on any atom is -0.440 e. The van der Waals surface area contributed by atoms with Crippen molar-refractivity contribution in [3.05, 3.63) is 60.5 Å². The maximum atomic E-state index is 5.98. The lowest BCUT2D eigenvalue weighted by atomic mass is 9.96. The third kappa shape index (κ3) is 4.82. The van der Waals surface area contributed by atoms with E-state index in [0.29, 0.717) is 11.7 Å². The van der Waals surface area contributed by atoms with Gasteiger partial charge in [0, 0.05) is 11.5 Å². The number of oxazole rings is 1. The van der Waals surface area contributed by atoms with E-state index in [2.05, 4.69) is 20.3 Å². The molecule has 0 N–H and O–H groups in total. The van der Waals surface area contributed by atoms with Gasteiger partial charge >= 0.3 is 0 Å². The van der Waals surface area contributed by atoms with E-state index in [4.69, 9.17) is 9.40 Å². The van der Waals surface area contributed by atoms with E-state index in [1.54, 1.807) is 4.80 Å². The fourth-order valence-electron chi connectivity index (χ4n) is 4.27. The summed E-state index contributed by atoms with van der Waals surface area (Å²) in [7, 11) is 0. The van der Waals surface area contributed by atoms with Crippen molar-refractivity contribution in [3.63, 3.8) is 0 Å². The number of hydrogen-bond donors (Lipinski definition) is 0. The van der Waals surface area contributed by atoms with Crippen molar-refractivity contribution in [2.45, 2.75) is 44.6 Å². The Kier molecular flexibility index (Phi) is 6.02. The van der Waals surface area contributed by atoms with Gasteiger partial charge in [0.05, 0.1) is 6.54 Å². The molecular formula is C24H28N6O. The van der Waals surface area contributed by atoms with E-state index in [0.717, 1.165) is 68.0 Å². The molecule has 1 saturated heterocycles. The van der Waals surface area contributed by atoms with Crippen molar-refractivity contribution in [2.24, 2.45) is 0 Å². The Morgan fingerprint density at radius 2 is 1.65 bits per heavy atom. The minimum atomic E-state index is 0.445. The minimum absolute atomic E-state index is 0.445. The quantitative estimate of drug-likeness (QED) is 0.393. The van der Waals surface area contributed by atoms with Crippen LogP contribution in [0.15, 0.2) is 59.0 Å². The molecule has 0 bridgehead atoms. The molecule has 0 atom stereocenters.